The van der Waals surface area contributed by atoms with Crippen molar-refractivity contribution in [3.8, 4) is 17.0 Å². The summed E-state index contributed by atoms with van der Waals surface area (Å²) < 4.78 is 30.9. The maximum atomic E-state index is 14.5. The van der Waals surface area contributed by atoms with Crippen molar-refractivity contribution < 1.29 is 23.2 Å². The lowest BCUT2D eigenvalue weighted by molar-refractivity contribution is 0.0487. The Balaban J connectivity index is 1.60. The number of nitrogens with one attached hydrogen (secondary N) is 1. The third kappa shape index (κ3) is 4.75. The van der Waals surface area contributed by atoms with Gasteiger partial charge in [0.1, 0.15) is 28.6 Å². The first-order chi connectivity index (χ1) is 15.9. The van der Waals surface area contributed by atoms with Gasteiger partial charge in [0.15, 0.2) is 0 Å². The van der Waals surface area contributed by atoms with Crippen LogP contribution in [0.4, 0.5) is 4.39 Å². The molecule has 1 amide bonds. The number of halogens is 2. The molecule has 8 heteroatoms. The molecule has 1 fully saturated rings. The summed E-state index contributed by atoms with van der Waals surface area (Å²) >= 11 is 6.21. The van der Waals surface area contributed by atoms with Crippen LogP contribution in [0.2, 0.25) is 5.02 Å². The van der Waals surface area contributed by atoms with Gasteiger partial charge in [0.05, 0.1) is 17.2 Å². The number of carbonyl (C=O) groups excluding carboxylic acids is 1. The lowest BCUT2D eigenvalue weighted by Crippen LogP contribution is -2.44. The number of aromatic nitrogens is 1. The molecule has 0 saturated carbocycles. The van der Waals surface area contributed by atoms with Crippen LogP contribution in [0.1, 0.15) is 41.4 Å². The Morgan fingerprint density at radius 3 is 2.61 bits per heavy atom. The fourth-order valence-corrected chi connectivity index (χ4v) is 4.53. The molecule has 1 aromatic heterocycles. The zero-order valence-corrected chi connectivity index (χ0v) is 19.4. The number of hydrogen-bond acceptors (Lipinski definition) is 5. The van der Waals surface area contributed by atoms with E-state index in [1.54, 1.807) is 13.0 Å². The molecule has 1 saturated heterocycles. The van der Waals surface area contributed by atoms with E-state index >= 15 is 0 Å². The zero-order chi connectivity index (χ0) is 23.4. The van der Waals surface area contributed by atoms with Gasteiger partial charge in [-0.15, -0.1) is 0 Å². The van der Waals surface area contributed by atoms with E-state index in [4.69, 9.17) is 25.6 Å². The molecule has 0 unspecified atom stereocenters. The number of rotatable bonds is 7. The van der Waals surface area contributed by atoms with E-state index < -0.39 is 5.82 Å². The van der Waals surface area contributed by atoms with Crippen molar-refractivity contribution in [2.75, 3.05) is 26.4 Å². The summed E-state index contributed by atoms with van der Waals surface area (Å²) in [5.41, 5.74) is 1.13. The topological polar surface area (TPSA) is 73.6 Å². The van der Waals surface area contributed by atoms with Crippen molar-refractivity contribution in [3.05, 3.63) is 70.2 Å². The molecule has 33 heavy (non-hydrogen) atoms. The van der Waals surface area contributed by atoms with Gasteiger partial charge >= 0.3 is 0 Å². The van der Waals surface area contributed by atoms with Crippen LogP contribution in [-0.4, -0.2) is 37.4 Å². The summed E-state index contributed by atoms with van der Waals surface area (Å²) in [7, 11) is 0. The molecule has 4 rings (SSSR count). The van der Waals surface area contributed by atoms with Crippen molar-refractivity contribution in [1.82, 2.24) is 10.5 Å². The number of hydrogen-bond donors (Lipinski definition) is 1. The second kappa shape index (κ2) is 9.93. The highest BCUT2D eigenvalue weighted by atomic mass is 35.5. The zero-order valence-electron chi connectivity index (χ0n) is 18.6. The number of ether oxygens (including phenoxy) is 2. The van der Waals surface area contributed by atoms with Gasteiger partial charge in [0.25, 0.3) is 5.91 Å². The molecule has 1 aliphatic heterocycles. The highest BCUT2D eigenvalue weighted by Gasteiger charge is 2.36. The quantitative estimate of drug-likeness (QED) is 0.503. The van der Waals surface area contributed by atoms with E-state index in [2.05, 4.69) is 10.5 Å². The lowest BCUT2D eigenvalue weighted by Gasteiger charge is -2.38. The molecular formula is C25H26ClFN2O4. The Bertz CT molecular complexity index is 1100. The Hall–Kier alpha value is -2.90. The molecule has 174 valence electrons. The first-order valence-electron chi connectivity index (χ1n) is 10.9. The van der Waals surface area contributed by atoms with Crippen molar-refractivity contribution in [1.29, 1.82) is 0 Å². The minimum absolute atomic E-state index is 0.0495. The second-order valence-corrected chi connectivity index (χ2v) is 8.50. The molecule has 3 aromatic rings. The van der Waals surface area contributed by atoms with E-state index in [1.165, 1.54) is 12.1 Å². The van der Waals surface area contributed by atoms with Crippen molar-refractivity contribution >= 4 is 17.5 Å². The van der Waals surface area contributed by atoms with E-state index in [9.17, 15) is 9.18 Å². The number of nitrogens with zero attached hydrogens (tertiary/aromatic N) is 1. The minimum Gasteiger partial charge on any atom is -0.494 e. The fourth-order valence-electron chi connectivity index (χ4n) is 4.27. The average Bonchev–Trinajstić information content (AvgIpc) is 3.19. The summed E-state index contributed by atoms with van der Waals surface area (Å²) in [6.07, 6.45) is 1.52. The molecule has 0 bridgehead atoms. The highest BCUT2D eigenvalue weighted by Crippen LogP contribution is 2.36. The molecule has 0 radical (unpaired) electrons. The van der Waals surface area contributed by atoms with Crippen molar-refractivity contribution in [2.45, 2.75) is 32.1 Å². The molecule has 1 aliphatic rings. The van der Waals surface area contributed by atoms with Crippen LogP contribution < -0.4 is 10.1 Å². The Morgan fingerprint density at radius 2 is 1.94 bits per heavy atom. The maximum Gasteiger partial charge on any atom is 0.257 e. The Kier molecular flexibility index (Phi) is 7.00. The van der Waals surface area contributed by atoms with Gasteiger partial charge in [0.2, 0.25) is 0 Å². The number of benzene rings is 2. The van der Waals surface area contributed by atoms with Crippen molar-refractivity contribution in [3.63, 3.8) is 0 Å². The predicted molar refractivity (Wildman–Crippen MR) is 123 cm³/mol. The lowest BCUT2D eigenvalue weighted by atomic mass is 9.74. The molecule has 0 aliphatic carbocycles. The minimum atomic E-state index is -0.569. The van der Waals surface area contributed by atoms with Crippen LogP contribution in [0.3, 0.4) is 0 Å². The molecule has 2 aromatic carbocycles. The van der Waals surface area contributed by atoms with Crippen molar-refractivity contribution in [2.24, 2.45) is 0 Å². The molecular weight excluding hydrogens is 447 g/mol. The predicted octanol–water partition coefficient (Wildman–Crippen LogP) is 5.32. The largest absolute Gasteiger partial charge is 0.494 e. The van der Waals surface area contributed by atoms with E-state index in [1.807, 2.05) is 31.2 Å². The van der Waals surface area contributed by atoms with Gasteiger partial charge < -0.3 is 19.3 Å². The summed E-state index contributed by atoms with van der Waals surface area (Å²) in [5.74, 6) is 0.142. The first kappa shape index (κ1) is 23.3. The standard InChI is InChI=1S/C25H26ClFN2O4/c1-3-32-18-9-7-17(8-10-18)25(11-13-31-14-12-25)15-28-24(30)21-16(2)33-29-23(21)22-19(26)5-4-6-20(22)27/h4-10H,3,11-15H2,1-2H3,(H,28,30). The molecule has 1 N–H and O–H groups in total. The van der Waals surface area contributed by atoms with Gasteiger partial charge in [-0.1, -0.05) is 35.0 Å². The second-order valence-electron chi connectivity index (χ2n) is 8.09. The van der Waals surface area contributed by atoms with Gasteiger partial charge in [0, 0.05) is 25.2 Å². The summed E-state index contributed by atoms with van der Waals surface area (Å²) in [4.78, 5) is 13.3. The number of aryl methyl sites for hydroxylation is 1. The van der Waals surface area contributed by atoms with Crippen LogP contribution in [0.15, 0.2) is 47.0 Å². The Labute approximate surface area is 197 Å². The molecule has 0 atom stereocenters. The van der Waals surface area contributed by atoms with E-state index in [-0.39, 0.29) is 33.2 Å². The van der Waals surface area contributed by atoms with Crippen LogP contribution in [0.5, 0.6) is 5.75 Å². The normalized spacial score (nSPS) is 15.3. The van der Waals surface area contributed by atoms with Gasteiger partial charge in [-0.25, -0.2) is 4.39 Å². The SMILES string of the molecule is CCOc1ccc(C2(CNC(=O)c3c(-c4c(F)cccc4Cl)noc3C)CCOCC2)cc1. The van der Waals surface area contributed by atoms with Crippen LogP contribution in [0, 0.1) is 12.7 Å². The molecule has 0 spiro atoms. The van der Waals surface area contributed by atoms with Crippen LogP contribution in [0.25, 0.3) is 11.3 Å². The number of amides is 1. The average molecular weight is 473 g/mol. The maximum absolute atomic E-state index is 14.5. The number of carbonyl (C=O) groups is 1. The smallest absolute Gasteiger partial charge is 0.257 e. The van der Waals surface area contributed by atoms with Gasteiger partial charge in [-0.3, -0.25) is 4.79 Å². The van der Waals surface area contributed by atoms with Crippen LogP contribution in [-0.2, 0) is 10.2 Å². The first-order valence-corrected chi connectivity index (χ1v) is 11.3. The third-order valence-electron chi connectivity index (χ3n) is 6.10. The monoisotopic (exact) mass is 472 g/mol. The third-order valence-corrected chi connectivity index (χ3v) is 6.42. The van der Waals surface area contributed by atoms with Gasteiger partial charge in [-0.2, -0.15) is 0 Å². The van der Waals surface area contributed by atoms with Crippen LogP contribution >= 0.6 is 11.6 Å². The molecule has 2 heterocycles. The molecule has 6 nitrogen and oxygen atoms in total. The summed E-state index contributed by atoms with van der Waals surface area (Å²) in [6, 6.07) is 12.3. The fraction of sp³-hybridized carbons (Fsp3) is 0.360. The Morgan fingerprint density at radius 1 is 1.21 bits per heavy atom. The summed E-state index contributed by atoms with van der Waals surface area (Å²) in [6.45, 7) is 5.76. The van der Waals surface area contributed by atoms with E-state index in [0.29, 0.717) is 32.1 Å². The summed E-state index contributed by atoms with van der Waals surface area (Å²) in [5, 5.41) is 7.12. The highest BCUT2D eigenvalue weighted by molar-refractivity contribution is 6.33. The van der Waals surface area contributed by atoms with E-state index in [0.717, 1.165) is 24.2 Å². The van der Waals surface area contributed by atoms with Gasteiger partial charge in [-0.05, 0) is 56.5 Å².